The number of anilines is 1. The lowest BCUT2D eigenvalue weighted by Gasteiger charge is -2.13. The number of hydrogen-bond acceptors (Lipinski definition) is 3. The molecular formula is C16H17NO3. The summed E-state index contributed by atoms with van der Waals surface area (Å²) in [6.07, 6.45) is 3.03. The van der Waals surface area contributed by atoms with E-state index in [1.54, 1.807) is 6.26 Å². The Morgan fingerprint density at radius 3 is 2.90 bits per heavy atom. The summed E-state index contributed by atoms with van der Waals surface area (Å²) >= 11 is 0. The Morgan fingerprint density at radius 2 is 2.15 bits per heavy atom. The number of nitrogens with one attached hydrogen (secondary N) is 1. The lowest BCUT2D eigenvalue weighted by atomic mass is 9.99. The quantitative estimate of drug-likeness (QED) is 0.882. The van der Waals surface area contributed by atoms with Crippen molar-refractivity contribution in [1.82, 2.24) is 0 Å². The van der Waals surface area contributed by atoms with Crippen molar-refractivity contribution in [2.75, 3.05) is 5.32 Å². The predicted molar refractivity (Wildman–Crippen MR) is 75.5 cm³/mol. The molecule has 0 saturated carbocycles. The third-order valence-corrected chi connectivity index (χ3v) is 3.72. The minimum atomic E-state index is -0.769. The van der Waals surface area contributed by atoms with E-state index in [2.05, 4.69) is 5.32 Å². The van der Waals surface area contributed by atoms with Gasteiger partial charge in [0.2, 0.25) is 5.91 Å². The standard InChI is InChI=1S/C16H17NO3/c1-10-7-8-20-16(10)15(19)12-5-6-13-11(9-12)3-2-4-14(18)17-13/h5-9,15,19H,2-4H2,1H3,(H,17,18). The van der Waals surface area contributed by atoms with Gasteiger partial charge < -0.3 is 14.8 Å². The largest absolute Gasteiger partial charge is 0.466 e. The molecule has 0 radical (unpaired) electrons. The molecule has 1 aliphatic heterocycles. The van der Waals surface area contributed by atoms with Crippen LogP contribution in [0.5, 0.6) is 0 Å². The van der Waals surface area contributed by atoms with Gasteiger partial charge in [0, 0.05) is 12.1 Å². The van der Waals surface area contributed by atoms with E-state index in [4.69, 9.17) is 4.42 Å². The fraction of sp³-hybridized carbons (Fsp3) is 0.312. The van der Waals surface area contributed by atoms with Crippen LogP contribution >= 0.6 is 0 Å². The molecule has 4 heteroatoms. The van der Waals surface area contributed by atoms with Crippen LogP contribution in [-0.4, -0.2) is 11.0 Å². The third-order valence-electron chi connectivity index (χ3n) is 3.72. The van der Waals surface area contributed by atoms with Gasteiger partial charge in [-0.1, -0.05) is 12.1 Å². The summed E-state index contributed by atoms with van der Waals surface area (Å²) in [6, 6.07) is 7.47. The van der Waals surface area contributed by atoms with Gasteiger partial charge in [-0.15, -0.1) is 0 Å². The molecule has 1 aliphatic rings. The smallest absolute Gasteiger partial charge is 0.224 e. The van der Waals surface area contributed by atoms with Crippen molar-refractivity contribution in [2.45, 2.75) is 32.3 Å². The number of carbonyl (C=O) groups is 1. The van der Waals surface area contributed by atoms with Crippen molar-refractivity contribution in [2.24, 2.45) is 0 Å². The van der Waals surface area contributed by atoms with E-state index in [1.807, 2.05) is 31.2 Å². The summed E-state index contributed by atoms with van der Waals surface area (Å²) in [5.74, 6) is 0.626. The molecule has 1 amide bonds. The van der Waals surface area contributed by atoms with Crippen LogP contribution in [0.3, 0.4) is 0 Å². The van der Waals surface area contributed by atoms with Gasteiger partial charge in [-0.2, -0.15) is 0 Å². The summed E-state index contributed by atoms with van der Waals surface area (Å²) in [4.78, 5) is 11.5. The first kappa shape index (κ1) is 12.9. The zero-order chi connectivity index (χ0) is 14.1. The molecule has 1 aromatic heterocycles. The zero-order valence-electron chi connectivity index (χ0n) is 11.3. The molecule has 104 valence electrons. The van der Waals surface area contributed by atoms with E-state index >= 15 is 0 Å². The number of rotatable bonds is 2. The second-order valence-corrected chi connectivity index (χ2v) is 5.19. The van der Waals surface area contributed by atoms with E-state index in [0.717, 1.165) is 35.2 Å². The number of aliphatic hydroxyl groups is 1. The van der Waals surface area contributed by atoms with Crippen LogP contribution in [0.25, 0.3) is 0 Å². The molecule has 1 unspecified atom stereocenters. The van der Waals surface area contributed by atoms with E-state index in [1.165, 1.54) is 0 Å². The van der Waals surface area contributed by atoms with E-state index < -0.39 is 6.10 Å². The van der Waals surface area contributed by atoms with Gasteiger partial charge in [-0.25, -0.2) is 0 Å². The highest BCUT2D eigenvalue weighted by molar-refractivity contribution is 5.92. The van der Waals surface area contributed by atoms with E-state index in [-0.39, 0.29) is 5.91 Å². The van der Waals surface area contributed by atoms with Crippen LogP contribution in [0.15, 0.2) is 34.9 Å². The maximum atomic E-state index is 11.5. The van der Waals surface area contributed by atoms with Crippen molar-refractivity contribution in [3.8, 4) is 0 Å². The van der Waals surface area contributed by atoms with Gasteiger partial charge in [0.1, 0.15) is 11.9 Å². The summed E-state index contributed by atoms with van der Waals surface area (Å²) in [5, 5.41) is 13.3. The number of carbonyl (C=O) groups excluding carboxylic acids is 1. The van der Waals surface area contributed by atoms with Crippen LogP contribution in [-0.2, 0) is 11.2 Å². The number of furan rings is 1. The maximum Gasteiger partial charge on any atom is 0.224 e. The molecule has 1 aromatic carbocycles. The van der Waals surface area contributed by atoms with Crippen LogP contribution in [0.4, 0.5) is 5.69 Å². The second-order valence-electron chi connectivity index (χ2n) is 5.19. The number of aliphatic hydroxyl groups excluding tert-OH is 1. The molecule has 0 saturated heterocycles. The minimum absolute atomic E-state index is 0.0546. The van der Waals surface area contributed by atoms with Gasteiger partial charge in [0.15, 0.2) is 0 Å². The first-order valence-corrected chi connectivity index (χ1v) is 6.80. The highest BCUT2D eigenvalue weighted by Gasteiger charge is 2.19. The molecule has 20 heavy (non-hydrogen) atoms. The van der Waals surface area contributed by atoms with E-state index in [9.17, 15) is 9.90 Å². The molecule has 0 spiro atoms. The number of hydrogen-bond donors (Lipinski definition) is 2. The molecule has 2 aromatic rings. The second kappa shape index (κ2) is 5.13. The number of benzene rings is 1. The SMILES string of the molecule is Cc1ccoc1C(O)c1ccc2c(c1)CCCC(=O)N2. The normalized spacial score (nSPS) is 16.2. The number of aryl methyl sites for hydroxylation is 2. The summed E-state index contributed by atoms with van der Waals surface area (Å²) in [6.45, 7) is 1.91. The number of fused-ring (bicyclic) bond motifs is 1. The van der Waals surface area contributed by atoms with Crippen LogP contribution < -0.4 is 5.32 Å². The average molecular weight is 271 g/mol. The van der Waals surface area contributed by atoms with Gasteiger partial charge in [0.05, 0.1) is 6.26 Å². The molecule has 1 atom stereocenters. The van der Waals surface area contributed by atoms with Gasteiger partial charge in [0.25, 0.3) is 0 Å². The Kier molecular flexibility index (Phi) is 3.32. The lowest BCUT2D eigenvalue weighted by Crippen LogP contribution is -2.09. The average Bonchev–Trinajstić information content (AvgIpc) is 2.76. The lowest BCUT2D eigenvalue weighted by molar-refractivity contribution is -0.116. The Bertz CT molecular complexity index is 645. The summed E-state index contributed by atoms with van der Waals surface area (Å²) < 4.78 is 5.35. The third kappa shape index (κ3) is 2.34. The monoisotopic (exact) mass is 271 g/mol. The molecule has 4 nitrogen and oxygen atoms in total. The maximum absolute atomic E-state index is 11.5. The Hall–Kier alpha value is -2.07. The Morgan fingerprint density at radius 1 is 1.30 bits per heavy atom. The van der Waals surface area contributed by atoms with Gasteiger partial charge in [-0.05, 0) is 48.6 Å². The molecule has 2 heterocycles. The molecule has 0 aliphatic carbocycles. The van der Waals surface area contributed by atoms with Crippen molar-refractivity contribution in [3.63, 3.8) is 0 Å². The zero-order valence-corrected chi connectivity index (χ0v) is 11.3. The molecule has 0 fully saturated rings. The number of amides is 1. The van der Waals surface area contributed by atoms with E-state index in [0.29, 0.717) is 12.2 Å². The van der Waals surface area contributed by atoms with Crippen LogP contribution in [0.2, 0.25) is 0 Å². The topological polar surface area (TPSA) is 62.5 Å². The van der Waals surface area contributed by atoms with Crippen LogP contribution in [0.1, 0.15) is 41.4 Å². The van der Waals surface area contributed by atoms with Gasteiger partial charge in [-0.3, -0.25) is 4.79 Å². The van der Waals surface area contributed by atoms with Crippen molar-refractivity contribution in [3.05, 3.63) is 53.0 Å². The minimum Gasteiger partial charge on any atom is -0.466 e. The summed E-state index contributed by atoms with van der Waals surface area (Å²) in [5.41, 5.74) is 3.63. The van der Waals surface area contributed by atoms with Crippen molar-refractivity contribution < 1.29 is 14.3 Å². The Labute approximate surface area is 117 Å². The fourth-order valence-electron chi connectivity index (χ4n) is 2.58. The highest BCUT2D eigenvalue weighted by Crippen LogP contribution is 2.30. The first-order chi connectivity index (χ1) is 9.65. The van der Waals surface area contributed by atoms with Gasteiger partial charge >= 0.3 is 0 Å². The van der Waals surface area contributed by atoms with Crippen LogP contribution in [0, 0.1) is 6.92 Å². The summed E-state index contributed by atoms with van der Waals surface area (Å²) in [7, 11) is 0. The highest BCUT2D eigenvalue weighted by atomic mass is 16.4. The molecule has 3 rings (SSSR count). The molecular weight excluding hydrogens is 254 g/mol. The fourth-order valence-corrected chi connectivity index (χ4v) is 2.58. The molecule has 0 bridgehead atoms. The first-order valence-electron chi connectivity index (χ1n) is 6.80. The van der Waals surface area contributed by atoms with Crippen molar-refractivity contribution >= 4 is 11.6 Å². The molecule has 2 N–H and O–H groups in total. The Balaban J connectivity index is 1.94. The predicted octanol–water partition coefficient (Wildman–Crippen LogP) is 2.94. The van der Waals surface area contributed by atoms with Crippen molar-refractivity contribution in [1.29, 1.82) is 0 Å².